The third-order valence-corrected chi connectivity index (χ3v) is 1.31. The molecule has 1 unspecified atom stereocenters. The summed E-state index contributed by atoms with van der Waals surface area (Å²) in [6.07, 6.45) is 0.491. The van der Waals surface area contributed by atoms with E-state index in [2.05, 4.69) is 0 Å². The number of rotatable bonds is 5. The topological polar surface area (TPSA) is 35.5 Å². The quantitative estimate of drug-likeness (QED) is 0.424. The van der Waals surface area contributed by atoms with Gasteiger partial charge in [0.05, 0.1) is 0 Å². The van der Waals surface area contributed by atoms with E-state index in [9.17, 15) is 3.80 Å². The molecule has 0 aliphatic carbocycles. The Balaban J connectivity index is 3.28. The Hall–Kier alpha value is 0.0925. The molecule has 0 aromatic rings. The van der Waals surface area contributed by atoms with E-state index >= 15 is 0 Å². The zero-order valence-corrected chi connectivity index (χ0v) is 6.95. The molecule has 0 N–H and O–H groups in total. The standard InChI is InChI=1S/C5H11O2.Al.O/c1-3-5(6)7-4-2;;/h5H,3-4H2,1-2H3;;/q-1;+1;. The normalized spacial score (nSPS) is 12.2. The molecular weight excluding hydrogens is 135 g/mol. The SMILES string of the molecule is CCOC(CC)[O][Al]=[O]. The summed E-state index contributed by atoms with van der Waals surface area (Å²) >= 11 is -1.13. The van der Waals surface area contributed by atoms with Crippen LogP contribution < -0.4 is 0 Å². The summed E-state index contributed by atoms with van der Waals surface area (Å²) in [6.45, 7) is 4.42. The van der Waals surface area contributed by atoms with Crippen molar-refractivity contribution in [3.8, 4) is 0 Å². The van der Waals surface area contributed by atoms with Gasteiger partial charge in [-0.15, -0.1) is 0 Å². The Kier molecular flexibility index (Phi) is 6.28. The van der Waals surface area contributed by atoms with E-state index in [4.69, 9.17) is 8.53 Å². The zero-order chi connectivity index (χ0) is 7.11. The predicted molar refractivity (Wildman–Crippen MR) is 33.2 cm³/mol. The van der Waals surface area contributed by atoms with Gasteiger partial charge in [0.2, 0.25) is 0 Å². The molecule has 0 spiro atoms. The molecule has 0 aromatic carbocycles. The second-order valence-electron chi connectivity index (χ2n) is 1.53. The molecule has 0 aliphatic heterocycles. The van der Waals surface area contributed by atoms with Crippen molar-refractivity contribution >= 4 is 15.5 Å². The van der Waals surface area contributed by atoms with Crippen molar-refractivity contribution < 1.29 is 12.3 Å². The average molecular weight is 146 g/mol. The maximum absolute atomic E-state index is 9.96. The molecule has 0 heterocycles. The van der Waals surface area contributed by atoms with E-state index in [-0.39, 0.29) is 6.29 Å². The van der Waals surface area contributed by atoms with Gasteiger partial charge in [0.25, 0.3) is 0 Å². The monoisotopic (exact) mass is 146 g/mol. The van der Waals surface area contributed by atoms with Crippen molar-refractivity contribution in [2.75, 3.05) is 6.61 Å². The van der Waals surface area contributed by atoms with Gasteiger partial charge in [-0.05, 0) is 0 Å². The second-order valence-corrected chi connectivity index (χ2v) is 1.99. The van der Waals surface area contributed by atoms with Crippen LogP contribution in [-0.4, -0.2) is 28.4 Å². The van der Waals surface area contributed by atoms with Crippen LogP contribution in [0.2, 0.25) is 0 Å². The first-order valence-corrected chi connectivity index (χ1v) is 4.00. The molecule has 0 rings (SSSR count). The van der Waals surface area contributed by atoms with Gasteiger partial charge in [0.15, 0.2) is 0 Å². The summed E-state index contributed by atoms with van der Waals surface area (Å²) in [5.74, 6) is 0. The zero-order valence-electron chi connectivity index (χ0n) is 5.79. The Morgan fingerprint density at radius 3 is 2.56 bits per heavy atom. The third kappa shape index (κ3) is 4.59. The van der Waals surface area contributed by atoms with Gasteiger partial charge in [-0.2, -0.15) is 0 Å². The Morgan fingerprint density at radius 2 is 2.22 bits per heavy atom. The molecule has 0 amide bonds. The molecule has 4 heteroatoms. The molecule has 0 aromatic heterocycles. The van der Waals surface area contributed by atoms with Gasteiger partial charge in [0, 0.05) is 0 Å². The van der Waals surface area contributed by atoms with Crippen LogP contribution in [0.3, 0.4) is 0 Å². The summed E-state index contributed by atoms with van der Waals surface area (Å²) < 4.78 is 19.7. The predicted octanol–water partition coefficient (Wildman–Crippen LogP) is 0.740. The first-order chi connectivity index (χ1) is 4.35. The molecule has 0 fully saturated rings. The van der Waals surface area contributed by atoms with Gasteiger partial charge in [0.1, 0.15) is 0 Å². The second kappa shape index (κ2) is 6.22. The number of hydrogen-bond acceptors (Lipinski definition) is 3. The molecule has 0 aliphatic rings. The Bertz CT molecular complexity index is 76.6. The van der Waals surface area contributed by atoms with E-state index in [0.29, 0.717) is 6.61 Å². The Morgan fingerprint density at radius 1 is 1.56 bits per heavy atom. The van der Waals surface area contributed by atoms with Crippen LogP contribution in [0.25, 0.3) is 0 Å². The van der Waals surface area contributed by atoms with Gasteiger partial charge >= 0.3 is 61.0 Å². The van der Waals surface area contributed by atoms with E-state index in [0.717, 1.165) is 6.42 Å². The molecule has 52 valence electrons. The van der Waals surface area contributed by atoms with E-state index in [1.54, 1.807) is 0 Å². The summed E-state index contributed by atoms with van der Waals surface area (Å²) in [6, 6.07) is 0. The van der Waals surface area contributed by atoms with E-state index < -0.39 is 15.5 Å². The number of hydrogen-bond donors (Lipinski definition) is 0. The van der Waals surface area contributed by atoms with Crippen LogP contribution in [0, 0.1) is 0 Å². The molecule has 0 saturated heterocycles. The fourth-order valence-electron chi connectivity index (χ4n) is 0.501. The summed E-state index contributed by atoms with van der Waals surface area (Å²) in [5.41, 5.74) is 0. The maximum atomic E-state index is 9.96. The van der Waals surface area contributed by atoms with Crippen LogP contribution in [0.1, 0.15) is 20.3 Å². The van der Waals surface area contributed by atoms with Gasteiger partial charge in [-0.25, -0.2) is 0 Å². The average Bonchev–Trinajstić information content (AvgIpc) is 1.88. The molecule has 9 heavy (non-hydrogen) atoms. The molecule has 0 bridgehead atoms. The van der Waals surface area contributed by atoms with Crippen molar-refractivity contribution in [3.63, 3.8) is 0 Å². The van der Waals surface area contributed by atoms with Gasteiger partial charge in [-0.1, -0.05) is 0 Å². The molecule has 1 atom stereocenters. The van der Waals surface area contributed by atoms with E-state index in [1.165, 1.54) is 0 Å². The Labute approximate surface area is 61.6 Å². The summed E-state index contributed by atoms with van der Waals surface area (Å²) in [7, 11) is 0. The van der Waals surface area contributed by atoms with Gasteiger partial charge in [-0.3, -0.25) is 0 Å². The fraction of sp³-hybridized carbons (Fsp3) is 1.00. The summed E-state index contributed by atoms with van der Waals surface area (Å²) in [5, 5.41) is 0. The van der Waals surface area contributed by atoms with Crippen molar-refractivity contribution in [1.29, 1.82) is 0 Å². The fourth-order valence-corrected chi connectivity index (χ4v) is 0.896. The van der Waals surface area contributed by atoms with Gasteiger partial charge < -0.3 is 0 Å². The minimum atomic E-state index is -1.13. The molecule has 0 saturated carbocycles. The van der Waals surface area contributed by atoms with Crippen LogP contribution in [0.4, 0.5) is 0 Å². The van der Waals surface area contributed by atoms with Crippen LogP contribution in [0.5, 0.6) is 0 Å². The minimum absolute atomic E-state index is 0.262. The van der Waals surface area contributed by atoms with Crippen LogP contribution in [0.15, 0.2) is 0 Å². The molecule has 3 nitrogen and oxygen atoms in total. The van der Waals surface area contributed by atoms with Crippen LogP contribution >= 0.6 is 0 Å². The first kappa shape index (κ1) is 9.09. The molecular formula is C5H11AlO3. The van der Waals surface area contributed by atoms with Crippen molar-refractivity contribution in [2.24, 2.45) is 0 Å². The molecule has 0 radical (unpaired) electrons. The van der Waals surface area contributed by atoms with Crippen molar-refractivity contribution in [3.05, 3.63) is 0 Å². The van der Waals surface area contributed by atoms with E-state index in [1.807, 2.05) is 13.8 Å². The first-order valence-electron chi connectivity index (χ1n) is 3.05. The summed E-state index contributed by atoms with van der Waals surface area (Å²) in [4.78, 5) is 0. The van der Waals surface area contributed by atoms with Crippen LogP contribution in [-0.2, 0) is 12.3 Å². The van der Waals surface area contributed by atoms with Crippen molar-refractivity contribution in [1.82, 2.24) is 0 Å². The third-order valence-electron chi connectivity index (χ3n) is 0.893. The van der Waals surface area contributed by atoms with Crippen molar-refractivity contribution in [2.45, 2.75) is 26.6 Å². The number of ether oxygens (including phenoxy) is 1.